The van der Waals surface area contributed by atoms with Crippen molar-refractivity contribution in [1.82, 2.24) is 10.6 Å². The number of unbranched alkanes of at least 4 members (excludes halogenated alkanes) is 1. The standard InChI is InChI=1S/C15H24FN3/c1-3-4-10-18-15(17-2)19-11-6-8-13-7-5-9-14(16)12-13/h5,7,9,12H,3-4,6,8,10-11H2,1-2H3,(H2,17,18,19). The van der Waals surface area contributed by atoms with Crippen molar-refractivity contribution in [2.24, 2.45) is 4.99 Å². The van der Waals surface area contributed by atoms with Gasteiger partial charge in [-0.2, -0.15) is 0 Å². The summed E-state index contributed by atoms with van der Waals surface area (Å²) in [7, 11) is 1.77. The molecule has 0 aliphatic carbocycles. The molecule has 0 saturated carbocycles. The first kappa shape index (κ1) is 15.5. The van der Waals surface area contributed by atoms with Gasteiger partial charge in [0.15, 0.2) is 5.96 Å². The van der Waals surface area contributed by atoms with Gasteiger partial charge in [0.05, 0.1) is 0 Å². The molecule has 1 aromatic rings. The lowest BCUT2D eigenvalue weighted by Gasteiger charge is -2.11. The smallest absolute Gasteiger partial charge is 0.190 e. The van der Waals surface area contributed by atoms with Crippen LogP contribution in [-0.2, 0) is 6.42 Å². The van der Waals surface area contributed by atoms with Crippen LogP contribution in [0.25, 0.3) is 0 Å². The highest BCUT2D eigenvalue weighted by Crippen LogP contribution is 2.05. The Bertz CT molecular complexity index is 391. The molecule has 0 aliphatic heterocycles. The number of aryl methyl sites for hydroxylation is 1. The molecule has 0 amide bonds. The Labute approximate surface area is 115 Å². The van der Waals surface area contributed by atoms with Gasteiger partial charge >= 0.3 is 0 Å². The number of aliphatic imine (C=N–C) groups is 1. The van der Waals surface area contributed by atoms with Crippen molar-refractivity contribution < 1.29 is 4.39 Å². The van der Waals surface area contributed by atoms with Gasteiger partial charge in [-0.25, -0.2) is 4.39 Å². The third-order valence-corrected chi connectivity index (χ3v) is 2.87. The number of nitrogens with zero attached hydrogens (tertiary/aromatic N) is 1. The maximum atomic E-state index is 13.0. The average Bonchev–Trinajstić information content (AvgIpc) is 2.41. The minimum absolute atomic E-state index is 0.164. The summed E-state index contributed by atoms with van der Waals surface area (Å²) in [4.78, 5) is 4.15. The van der Waals surface area contributed by atoms with Crippen LogP contribution in [0.2, 0.25) is 0 Å². The fourth-order valence-corrected chi connectivity index (χ4v) is 1.80. The molecule has 0 spiro atoms. The van der Waals surface area contributed by atoms with E-state index in [0.717, 1.165) is 43.9 Å². The summed E-state index contributed by atoms with van der Waals surface area (Å²) in [5.74, 6) is 0.676. The number of halogens is 1. The molecule has 0 saturated heterocycles. The lowest BCUT2D eigenvalue weighted by atomic mass is 10.1. The van der Waals surface area contributed by atoms with Gasteiger partial charge in [0, 0.05) is 20.1 Å². The SMILES string of the molecule is CCCCNC(=NC)NCCCc1cccc(F)c1. The molecule has 0 unspecified atom stereocenters. The number of hydrogen-bond donors (Lipinski definition) is 2. The normalized spacial score (nSPS) is 11.4. The van der Waals surface area contributed by atoms with E-state index < -0.39 is 0 Å². The highest BCUT2D eigenvalue weighted by Gasteiger charge is 1.98. The highest BCUT2D eigenvalue weighted by atomic mass is 19.1. The van der Waals surface area contributed by atoms with Gasteiger partial charge in [-0.05, 0) is 37.0 Å². The van der Waals surface area contributed by atoms with Crippen LogP contribution in [0.5, 0.6) is 0 Å². The Morgan fingerprint density at radius 2 is 1.95 bits per heavy atom. The van der Waals surface area contributed by atoms with Gasteiger partial charge in [0.25, 0.3) is 0 Å². The van der Waals surface area contributed by atoms with Crippen LogP contribution in [-0.4, -0.2) is 26.1 Å². The Morgan fingerprint density at radius 3 is 2.58 bits per heavy atom. The number of benzene rings is 1. The van der Waals surface area contributed by atoms with Crippen LogP contribution in [0.1, 0.15) is 31.7 Å². The molecule has 0 aromatic heterocycles. The van der Waals surface area contributed by atoms with Gasteiger partial charge in [-0.1, -0.05) is 25.5 Å². The summed E-state index contributed by atoms with van der Waals surface area (Å²) in [6, 6.07) is 6.77. The predicted molar refractivity (Wildman–Crippen MR) is 79.0 cm³/mol. The largest absolute Gasteiger partial charge is 0.356 e. The average molecular weight is 265 g/mol. The van der Waals surface area contributed by atoms with Gasteiger partial charge < -0.3 is 10.6 Å². The van der Waals surface area contributed by atoms with E-state index >= 15 is 0 Å². The summed E-state index contributed by atoms with van der Waals surface area (Å²) in [6.07, 6.45) is 4.14. The van der Waals surface area contributed by atoms with Crippen LogP contribution in [0.15, 0.2) is 29.3 Å². The zero-order valence-corrected chi connectivity index (χ0v) is 11.9. The zero-order valence-electron chi connectivity index (χ0n) is 11.9. The number of rotatable bonds is 7. The molecule has 0 radical (unpaired) electrons. The van der Waals surface area contributed by atoms with Crippen molar-refractivity contribution in [3.05, 3.63) is 35.6 Å². The van der Waals surface area contributed by atoms with E-state index in [1.165, 1.54) is 12.5 Å². The molecule has 0 heterocycles. The van der Waals surface area contributed by atoms with E-state index in [4.69, 9.17) is 0 Å². The van der Waals surface area contributed by atoms with E-state index in [1.54, 1.807) is 19.2 Å². The minimum Gasteiger partial charge on any atom is -0.356 e. The molecular formula is C15H24FN3. The van der Waals surface area contributed by atoms with E-state index in [2.05, 4.69) is 22.5 Å². The quantitative estimate of drug-likeness (QED) is 0.452. The second-order valence-corrected chi connectivity index (χ2v) is 4.51. The molecule has 0 fully saturated rings. The van der Waals surface area contributed by atoms with Gasteiger partial charge in [-0.3, -0.25) is 4.99 Å². The zero-order chi connectivity index (χ0) is 13.9. The summed E-state index contributed by atoms with van der Waals surface area (Å²) in [5.41, 5.74) is 1.04. The molecule has 3 nitrogen and oxygen atoms in total. The number of nitrogens with one attached hydrogen (secondary N) is 2. The molecule has 106 valence electrons. The highest BCUT2D eigenvalue weighted by molar-refractivity contribution is 5.79. The van der Waals surface area contributed by atoms with Crippen LogP contribution in [0.4, 0.5) is 4.39 Å². The predicted octanol–water partition coefficient (Wildman–Crippen LogP) is 2.72. The first-order valence-corrected chi connectivity index (χ1v) is 6.95. The van der Waals surface area contributed by atoms with Crippen LogP contribution in [0, 0.1) is 5.82 Å². The Kier molecular flexibility index (Phi) is 7.63. The fourth-order valence-electron chi connectivity index (χ4n) is 1.80. The van der Waals surface area contributed by atoms with Crippen LogP contribution < -0.4 is 10.6 Å². The van der Waals surface area contributed by atoms with Crippen molar-refractivity contribution in [3.8, 4) is 0 Å². The van der Waals surface area contributed by atoms with E-state index in [1.807, 2.05) is 6.07 Å². The molecule has 1 rings (SSSR count). The minimum atomic E-state index is -0.164. The summed E-state index contributed by atoms with van der Waals surface area (Å²) in [5, 5.41) is 6.52. The van der Waals surface area contributed by atoms with E-state index in [-0.39, 0.29) is 5.82 Å². The Balaban J connectivity index is 2.18. The van der Waals surface area contributed by atoms with Gasteiger partial charge in [0.2, 0.25) is 0 Å². The van der Waals surface area contributed by atoms with Crippen molar-refractivity contribution in [1.29, 1.82) is 0 Å². The molecule has 0 atom stereocenters. The molecular weight excluding hydrogens is 241 g/mol. The maximum absolute atomic E-state index is 13.0. The summed E-state index contributed by atoms with van der Waals surface area (Å²) < 4.78 is 13.0. The van der Waals surface area contributed by atoms with E-state index in [0.29, 0.717) is 0 Å². The Hall–Kier alpha value is -1.58. The van der Waals surface area contributed by atoms with Crippen molar-refractivity contribution in [2.75, 3.05) is 20.1 Å². The topological polar surface area (TPSA) is 36.4 Å². The first-order chi connectivity index (χ1) is 9.26. The molecule has 0 aliphatic rings. The van der Waals surface area contributed by atoms with Crippen LogP contribution in [0.3, 0.4) is 0 Å². The third kappa shape index (κ3) is 6.79. The van der Waals surface area contributed by atoms with E-state index in [9.17, 15) is 4.39 Å². The number of hydrogen-bond acceptors (Lipinski definition) is 1. The van der Waals surface area contributed by atoms with Crippen LogP contribution >= 0.6 is 0 Å². The summed E-state index contributed by atoms with van der Waals surface area (Å²) >= 11 is 0. The lowest BCUT2D eigenvalue weighted by molar-refractivity contribution is 0.624. The molecule has 19 heavy (non-hydrogen) atoms. The molecule has 1 aromatic carbocycles. The fraction of sp³-hybridized carbons (Fsp3) is 0.533. The number of guanidine groups is 1. The maximum Gasteiger partial charge on any atom is 0.190 e. The summed E-state index contributed by atoms with van der Waals surface area (Å²) in [6.45, 7) is 3.94. The monoisotopic (exact) mass is 265 g/mol. The Morgan fingerprint density at radius 1 is 1.21 bits per heavy atom. The van der Waals surface area contributed by atoms with Crippen molar-refractivity contribution in [2.45, 2.75) is 32.6 Å². The molecule has 2 N–H and O–H groups in total. The van der Waals surface area contributed by atoms with Crippen molar-refractivity contribution >= 4 is 5.96 Å². The van der Waals surface area contributed by atoms with Crippen molar-refractivity contribution in [3.63, 3.8) is 0 Å². The first-order valence-electron chi connectivity index (χ1n) is 6.95. The lowest BCUT2D eigenvalue weighted by Crippen LogP contribution is -2.38. The second kappa shape index (κ2) is 9.36. The molecule has 0 bridgehead atoms. The third-order valence-electron chi connectivity index (χ3n) is 2.87. The van der Waals surface area contributed by atoms with Gasteiger partial charge in [0.1, 0.15) is 5.82 Å². The second-order valence-electron chi connectivity index (χ2n) is 4.51. The van der Waals surface area contributed by atoms with Gasteiger partial charge in [-0.15, -0.1) is 0 Å². The molecule has 4 heteroatoms.